The van der Waals surface area contributed by atoms with Gasteiger partial charge in [0.15, 0.2) is 0 Å². The van der Waals surface area contributed by atoms with Crippen LogP contribution in [0.2, 0.25) is 0 Å². The summed E-state index contributed by atoms with van der Waals surface area (Å²) in [5.41, 5.74) is 1.52. The Kier molecular flexibility index (Phi) is 1.91. The molecule has 0 aromatic heterocycles. The zero-order chi connectivity index (χ0) is 7.68. The highest BCUT2D eigenvalue weighted by Crippen LogP contribution is 2.47. The molecule has 1 aromatic rings. The zero-order valence-corrected chi connectivity index (χ0v) is 7.47. The maximum absolute atomic E-state index is 2.24. The highest BCUT2D eigenvalue weighted by molar-refractivity contribution is 7.99. The van der Waals surface area contributed by atoms with Crippen LogP contribution in [0, 0.1) is 0 Å². The van der Waals surface area contributed by atoms with Crippen molar-refractivity contribution in [1.29, 1.82) is 0 Å². The summed E-state index contributed by atoms with van der Waals surface area (Å²) in [4.78, 5) is 0. The molecule has 0 radical (unpaired) electrons. The maximum Gasteiger partial charge on any atom is 0.0120 e. The van der Waals surface area contributed by atoms with E-state index in [0.717, 1.165) is 11.2 Å². The van der Waals surface area contributed by atoms with Crippen LogP contribution in [-0.2, 0) is 0 Å². The fourth-order valence-electron chi connectivity index (χ4n) is 1.48. The minimum Gasteiger partial charge on any atom is -0.161 e. The van der Waals surface area contributed by atoms with Gasteiger partial charge >= 0.3 is 0 Å². The molecule has 0 bridgehead atoms. The Morgan fingerprint density at radius 3 is 2.55 bits per heavy atom. The SMILES string of the molecule is CSC1C[C@@H]1c1ccccc1. The predicted octanol–water partition coefficient (Wildman–Crippen LogP) is 2.91. The summed E-state index contributed by atoms with van der Waals surface area (Å²) >= 11 is 1.99. The first-order valence-corrected chi connectivity index (χ1v) is 5.28. The van der Waals surface area contributed by atoms with Gasteiger partial charge in [-0.05, 0) is 24.2 Å². The Morgan fingerprint density at radius 2 is 2.00 bits per heavy atom. The Hall–Kier alpha value is -0.430. The highest BCUT2D eigenvalue weighted by atomic mass is 32.2. The lowest BCUT2D eigenvalue weighted by molar-refractivity contribution is 1.14. The molecule has 0 amide bonds. The summed E-state index contributed by atoms with van der Waals surface area (Å²) in [6, 6.07) is 10.8. The second kappa shape index (κ2) is 2.90. The Bertz CT molecular complexity index is 230. The summed E-state index contributed by atoms with van der Waals surface area (Å²) in [6.45, 7) is 0. The smallest absolute Gasteiger partial charge is 0.0120 e. The molecule has 0 nitrogen and oxygen atoms in total. The lowest BCUT2D eigenvalue weighted by atomic mass is 10.1. The first-order valence-electron chi connectivity index (χ1n) is 3.99. The molecule has 0 N–H and O–H groups in total. The van der Waals surface area contributed by atoms with E-state index < -0.39 is 0 Å². The van der Waals surface area contributed by atoms with Crippen LogP contribution in [0.1, 0.15) is 17.9 Å². The van der Waals surface area contributed by atoms with E-state index in [1.807, 2.05) is 11.8 Å². The van der Waals surface area contributed by atoms with E-state index in [9.17, 15) is 0 Å². The van der Waals surface area contributed by atoms with Crippen molar-refractivity contribution in [2.75, 3.05) is 6.26 Å². The largest absolute Gasteiger partial charge is 0.161 e. The zero-order valence-electron chi connectivity index (χ0n) is 6.66. The molecular formula is C10H12S. The van der Waals surface area contributed by atoms with Crippen LogP contribution < -0.4 is 0 Å². The molecule has 0 saturated heterocycles. The standard InChI is InChI=1S/C10H12S/c1-11-10-7-9(10)8-5-3-2-4-6-8/h2-6,9-10H,7H2,1H3/t9-,10?/m1/s1. The van der Waals surface area contributed by atoms with Gasteiger partial charge in [0.05, 0.1) is 0 Å². The Morgan fingerprint density at radius 1 is 1.27 bits per heavy atom. The van der Waals surface area contributed by atoms with E-state index in [4.69, 9.17) is 0 Å². The van der Waals surface area contributed by atoms with Crippen molar-refractivity contribution in [3.63, 3.8) is 0 Å². The number of hydrogen-bond acceptors (Lipinski definition) is 1. The molecule has 2 atom stereocenters. The van der Waals surface area contributed by atoms with Crippen molar-refractivity contribution >= 4 is 11.8 Å². The third-order valence-electron chi connectivity index (χ3n) is 2.26. The summed E-state index contributed by atoms with van der Waals surface area (Å²) in [6.07, 6.45) is 3.58. The van der Waals surface area contributed by atoms with Gasteiger partial charge in [0.2, 0.25) is 0 Å². The quantitative estimate of drug-likeness (QED) is 0.647. The first kappa shape index (κ1) is 7.23. The molecule has 0 heterocycles. The summed E-state index contributed by atoms with van der Waals surface area (Å²) in [7, 11) is 0. The van der Waals surface area contributed by atoms with Crippen LogP contribution in [0.25, 0.3) is 0 Å². The fourth-order valence-corrected chi connectivity index (χ4v) is 2.37. The van der Waals surface area contributed by atoms with Crippen molar-refractivity contribution < 1.29 is 0 Å². The molecule has 0 spiro atoms. The third kappa shape index (κ3) is 1.43. The lowest BCUT2D eigenvalue weighted by Gasteiger charge is -1.96. The second-order valence-corrected chi connectivity index (χ2v) is 4.10. The van der Waals surface area contributed by atoms with E-state index in [2.05, 4.69) is 36.6 Å². The van der Waals surface area contributed by atoms with Crippen LogP contribution in [-0.4, -0.2) is 11.5 Å². The first-order chi connectivity index (χ1) is 5.42. The minimum absolute atomic E-state index is 0.853. The van der Waals surface area contributed by atoms with E-state index >= 15 is 0 Å². The number of hydrogen-bond donors (Lipinski definition) is 0. The van der Waals surface area contributed by atoms with Crippen LogP contribution in [0.5, 0.6) is 0 Å². The molecule has 0 aliphatic heterocycles. The van der Waals surface area contributed by atoms with Gasteiger partial charge in [-0.1, -0.05) is 30.3 Å². The van der Waals surface area contributed by atoms with Gasteiger partial charge in [0.1, 0.15) is 0 Å². The van der Waals surface area contributed by atoms with Crippen molar-refractivity contribution in [1.82, 2.24) is 0 Å². The minimum atomic E-state index is 0.853. The average molecular weight is 164 g/mol. The van der Waals surface area contributed by atoms with Gasteiger partial charge in [0.25, 0.3) is 0 Å². The lowest BCUT2D eigenvalue weighted by Crippen LogP contribution is -1.81. The van der Waals surface area contributed by atoms with Gasteiger partial charge in [-0.2, -0.15) is 11.8 Å². The molecule has 1 heteroatoms. The van der Waals surface area contributed by atoms with Gasteiger partial charge in [-0.3, -0.25) is 0 Å². The molecule has 1 fully saturated rings. The Balaban J connectivity index is 2.09. The Labute approximate surface area is 72.0 Å². The maximum atomic E-state index is 2.24. The molecule has 1 aliphatic carbocycles. The predicted molar refractivity (Wildman–Crippen MR) is 51.1 cm³/mol. The second-order valence-electron chi connectivity index (χ2n) is 3.03. The molecule has 58 valence electrons. The molecule has 1 aliphatic rings. The van der Waals surface area contributed by atoms with Crippen LogP contribution >= 0.6 is 11.8 Å². The summed E-state index contributed by atoms with van der Waals surface area (Å²) in [5.74, 6) is 0.853. The average Bonchev–Trinajstić information content (AvgIpc) is 2.85. The van der Waals surface area contributed by atoms with Crippen LogP contribution in [0.3, 0.4) is 0 Å². The molecule has 1 saturated carbocycles. The third-order valence-corrected chi connectivity index (χ3v) is 3.39. The summed E-state index contributed by atoms with van der Waals surface area (Å²) < 4.78 is 0. The molecule has 11 heavy (non-hydrogen) atoms. The highest BCUT2D eigenvalue weighted by Gasteiger charge is 2.37. The molecule has 1 aromatic carbocycles. The van der Waals surface area contributed by atoms with Gasteiger partial charge in [-0.15, -0.1) is 0 Å². The van der Waals surface area contributed by atoms with Crippen molar-refractivity contribution in [2.24, 2.45) is 0 Å². The van der Waals surface area contributed by atoms with E-state index in [0.29, 0.717) is 0 Å². The molecule has 2 rings (SSSR count). The van der Waals surface area contributed by atoms with E-state index in [1.54, 1.807) is 0 Å². The van der Waals surface area contributed by atoms with Crippen molar-refractivity contribution in [3.8, 4) is 0 Å². The summed E-state index contributed by atoms with van der Waals surface area (Å²) in [5, 5.41) is 0.900. The number of benzene rings is 1. The van der Waals surface area contributed by atoms with Crippen molar-refractivity contribution in [2.45, 2.75) is 17.6 Å². The van der Waals surface area contributed by atoms with Crippen molar-refractivity contribution in [3.05, 3.63) is 35.9 Å². The molecule has 1 unspecified atom stereocenters. The number of thioether (sulfide) groups is 1. The van der Waals surface area contributed by atoms with E-state index in [1.165, 1.54) is 12.0 Å². The van der Waals surface area contributed by atoms with Crippen LogP contribution in [0.4, 0.5) is 0 Å². The van der Waals surface area contributed by atoms with Gasteiger partial charge in [0, 0.05) is 5.25 Å². The molecular weight excluding hydrogens is 152 g/mol. The topological polar surface area (TPSA) is 0 Å². The fraction of sp³-hybridized carbons (Fsp3) is 0.400. The van der Waals surface area contributed by atoms with E-state index in [-0.39, 0.29) is 0 Å². The van der Waals surface area contributed by atoms with Gasteiger partial charge in [-0.25, -0.2) is 0 Å². The van der Waals surface area contributed by atoms with Gasteiger partial charge < -0.3 is 0 Å². The normalized spacial score (nSPS) is 28.5. The monoisotopic (exact) mass is 164 g/mol. The number of rotatable bonds is 2. The van der Waals surface area contributed by atoms with Crippen LogP contribution in [0.15, 0.2) is 30.3 Å².